The fourth-order valence-corrected chi connectivity index (χ4v) is 1.59. The summed E-state index contributed by atoms with van der Waals surface area (Å²) < 4.78 is 4.36. The molecule has 0 bridgehead atoms. The fraction of sp³-hybridized carbons (Fsp3) is 0.857. The first-order chi connectivity index (χ1) is 6.07. The molecular formula is C7H11NO5. The normalized spacial score (nSPS) is 20.6. The van der Waals surface area contributed by atoms with Crippen LogP contribution < -0.4 is 0 Å². The highest BCUT2D eigenvalue weighted by atomic mass is 16.7. The van der Waals surface area contributed by atoms with Crippen LogP contribution in [0.1, 0.15) is 32.1 Å². The second kappa shape index (κ2) is 3.59. The first-order valence-corrected chi connectivity index (χ1v) is 4.13. The number of ether oxygens (including phenoxy) is 1. The Kier molecular flexibility index (Phi) is 2.69. The van der Waals surface area contributed by atoms with Gasteiger partial charge in [-0.1, -0.05) is 6.42 Å². The number of carbonyl (C=O) groups is 1. The standard InChI is InChI=1S/C7H11NO5/c9-6(10)13-7(8(11)12)4-2-1-3-5-7/h1-5H2,(H,9,10). The quantitative estimate of drug-likeness (QED) is 0.308. The average molecular weight is 189 g/mol. The molecular weight excluding hydrogens is 178 g/mol. The third-order valence-electron chi connectivity index (χ3n) is 2.24. The van der Waals surface area contributed by atoms with Crippen LogP contribution in [0.15, 0.2) is 0 Å². The minimum atomic E-state index is -1.68. The Bertz CT molecular complexity index is 221. The summed E-state index contributed by atoms with van der Waals surface area (Å²) in [6, 6.07) is 0. The van der Waals surface area contributed by atoms with E-state index in [1.807, 2.05) is 0 Å². The van der Waals surface area contributed by atoms with Crippen molar-refractivity contribution in [3.05, 3.63) is 10.1 Å². The maximum absolute atomic E-state index is 10.6. The van der Waals surface area contributed by atoms with Crippen molar-refractivity contribution in [3.63, 3.8) is 0 Å². The molecule has 1 N–H and O–H groups in total. The Morgan fingerprint density at radius 1 is 1.38 bits per heavy atom. The Hall–Kier alpha value is -1.33. The highest BCUT2D eigenvalue weighted by molar-refractivity contribution is 5.57. The van der Waals surface area contributed by atoms with Gasteiger partial charge in [0.1, 0.15) is 0 Å². The molecule has 0 unspecified atom stereocenters. The van der Waals surface area contributed by atoms with Crippen LogP contribution >= 0.6 is 0 Å². The fourth-order valence-electron chi connectivity index (χ4n) is 1.59. The van der Waals surface area contributed by atoms with Gasteiger partial charge in [-0.2, -0.15) is 0 Å². The van der Waals surface area contributed by atoms with E-state index in [4.69, 9.17) is 5.11 Å². The Morgan fingerprint density at radius 3 is 2.31 bits per heavy atom. The van der Waals surface area contributed by atoms with Crippen molar-refractivity contribution in [1.29, 1.82) is 0 Å². The molecule has 13 heavy (non-hydrogen) atoms. The summed E-state index contributed by atoms with van der Waals surface area (Å²) in [5.41, 5.74) is -1.68. The van der Waals surface area contributed by atoms with Crippen molar-refractivity contribution < 1.29 is 19.6 Å². The molecule has 0 aliphatic heterocycles. The molecule has 0 aromatic rings. The van der Waals surface area contributed by atoms with Crippen LogP contribution in [-0.4, -0.2) is 21.9 Å². The molecule has 0 saturated heterocycles. The molecule has 0 aromatic heterocycles. The summed E-state index contributed by atoms with van der Waals surface area (Å²) in [7, 11) is 0. The average Bonchev–Trinajstić information content (AvgIpc) is 2.04. The highest BCUT2D eigenvalue weighted by Crippen LogP contribution is 2.32. The third-order valence-corrected chi connectivity index (χ3v) is 2.24. The van der Waals surface area contributed by atoms with Gasteiger partial charge in [0.25, 0.3) is 0 Å². The summed E-state index contributed by atoms with van der Waals surface area (Å²) >= 11 is 0. The topological polar surface area (TPSA) is 89.7 Å². The zero-order valence-corrected chi connectivity index (χ0v) is 7.06. The first kappa shape index (κ1) is 9.76. The van der Waals surface area contributed by atoms with Crippen LogP contribution in [0, 0.1) is 10.1 Å². The summed E-state index contributed by atoms with van der Waals surface area (Å²) in [6.07, 6.45) is 0.998. The van der Waals surface area contributed by atoms with Crippen molar-refractivity contribution in [3.8, 4) is 0 Å². The number of nitrogens with zero attached hydrogens (tertiary/aromatic N) is 1. The van der Waals surface area contributed by atoms with Crippen LogP contribution in [0.5, 0.6) is 0 Å². The summed E-state index contributed by atoms with van der Waals surface area (Å²) in [5, 5.41) is 19.0. The lowest BCUT2D eigenvalue weighted by atomic mass is 9.92. The van der Waals surface area contributed by atoms with Crippen molar-refractivity contribution >= 4 is 6.16 Å². The lowest BCUT2D eigenvalue weighted by Crippen LogP contribution is -2.44. The van der Waals surface area contributed by atoms with Gasteiger partial charge in [0, 0.05) is 0 Å². The predicted octanol–water partition coefficient (Wildman–Crippen LogP) is 1.62. The molecule has 0 amide bonds. The minimum Gasteiger partial charge on any atom is -0.450 e. The van der Waals surface area contributed by atoms with Crippen molar-refractivity contribution in [1.82, 2.24) is 0 Å². The van der Waals surface area contributed by atoms with E-state index in [9.17, 15) is 14.9 Å². The Balaban J connectivity index is 2.73. The lowest BCUT2D eigenvalue weighted by molar-refractivity contribution is -0.626. The van der Waals surface area contributed by atoms with Crippen LogP contribution in [-0.2, 0) is 4.74 Å². The van der Waals surface area contributed by atoms with E-state index in [-0.39, 0.29) is 12.8 Å². The molecule has 1 aliphatic carbocycles. The second-order valence-corrected chi connectivity index (χ2v) is 3.13. The zero-order valence-electron chi connectivity index (χ0n) is 7.06. The molecule has 0 radical (unpaired) electrons. The van der Waals surface area contributed by atoms with Gasteiger partial charge in [0.15, 0.2) is 0 Å². The van der Waals surface area contributed by atoms with E-state index in [0.29, 0.717) is 12.8 Å². The highest BCUT2D eigenvalue weighted by Gasteiger charge is 2.48. The van der Waals surface area contributed by atoms with Gasteiger partial charge in [-0.25, -0.2) is 4.79 Å². The summed E-state index contributed by atoms with van der Waals surface area (Å²) in [4.78, 5) is 20.3. The van der Waals surface area contributed by atoms with Crippen LogP contribution in [0.4, 0.5) is 4.79 Å². The summed E-state index contributed by atoms with van der Waals surface area (Å²) in [6.45, 7) is 0. The second-order valence-electron chi connectivity index (χ2n) is 3.13. The molecule has 0 spiro atoms. The molecule has 1 rings (SSSR count). The van der Waals surface area contributed by atoms with Crippen LogP contribution in [0.3, 0.4) is 0 Å². The van der Waals surface area contributed by atoms with Gasteiger partial charge in [-0.3, -0.25) is 10.1 Å². The monoisotopic (exact) mass is 189 g/mol. The number of carboxylic acid groups (broad SMARTS) is 1. The van der Waals surface area contributed by atoms with Gasteiger partial charge in [0.05, 0.1) is 17.8 Å². The van der Waals surface area contributed by atoms with E-state index >= 15 is 0 Å². The zero-order chi connectivity index (χ0) is 9.90. The van der Waals surface area contributed by atoms with E-state index in [1.54, 1.807) is 0 Å². The number of hydrogen-bond donors (Lipinski definition) is 1. The van der Waals surface area contributed by atoms with E-state index < -0.39 is 16.8 Å². The van der Waals surface area contributed by atoms with Gasteiger partial charge in [-0.15, -0.1) is 0 Å². The molecule has 1 aliphatic rings. The van der Waals surface area contributed by atoms with E-state index in [0.717, 1.165) is 6.42 Å². The summed E-state index contributed by atoms with van der Waals surface area (Å²) in [5.74, 6) is 0. The van der Waals surface area contributed by atoms with Gasteiger partial charge < -0.3 is 9.84 Å². The van der Waals surface area contributed by atoms with Crippen molar-refractivity contribution in [2.24, 2.45) is 0 Å². The molecule has 1 fully saturated rings. The third kappa shape index (κ3) is 2.07. The van der Waals surface area contributed by atoms with Gasteiger partial charge in [-0.05, 0) is 12.8 Å². The maximum atomic E-state index is 10.6. The van der Waals surface area contributed by atoms with Crippen LogP contribution in [0.2, 0.25) is 0 Å². The Labute approximate surface area is 74.6 Å². The number of rotatable bonds is 2. The van der Waals surface area contributed by atoms with Crippen LogP contribution in [0.25, 0.3) is 0 Å². The number of hydrogen-bond acceptors (Lipinski definition) is 4. The largest absolute Gasteiger partial charge is 0.511 e. The molecule has 6 heteroatoms. The molecule has 6 nitrogen and oxygen atoms in total. The SMILES string of the molecule is O=C(O)OC1([N+](=O)[O-])CCCCC1. The van der Waals surface area contributed by atoms with Crippen molar-refractivity contribution in [2.75, 3.05) is 0 Å². The Morgan fingerprint density at radius 2 is 1.92 bits per heavy atom. The maximum Gasteiger partial charge on any atom is 0.511 e. The first-order valence-electron chi connectivity index (χ1n) is 4.13. The molecule has 74 valence electrons. The number of nitro groups is 1. The van der Waals surface area contributed by atoms with Crippen molar-refractivity contribution in [2.45, 2.75) is 37.8 Å². The smallest absolute Gasteiger partial charge is 0.450 e. The van der Waals surface area contributed by atoms with E-state index in [2.05, 4.69) is 4.74 Å². The van der Waals surface area contributed by atoms with E-state index in [1.165, 1.54) is 0 Å². The molecule has 0 atom stereocenters. The minimum absolute atomic E-state index is 0.187. The molecule has 0 aromatic carbocycles. The van der Waals surface area contributed by atoms with Gasteiger partial charge >= 0.3 is 11.9 Å². The predicted molar refractivity (Wildman–Crippen MR) is 41.9 cm³/mol. The molecule has 0 heterocycles. The lowest BCUT2D eigenvalue weighted by Gasteiger charge is -2.26. The molecule has 1 saturated carbocycles. The van der Waals surface area contributed by atoms with Gasteiger partial charge in [0.2, 0.25) is 0 Å².